The number of Topliss-reactive ketones (excluding diaryl/α,β-unsaturated/α-hetero) is 1. The van der Waals surface area contributed by atoms with Crippen LogP contribution in [-0.2, 0) is 9.59 Å². The van der Waals surface area contributed by atoms with Crippen molar-refractivity contribution in [3.63, 3.8) is 0 Å². The van der Waals surface area contributed by atoms with Crippen LogP contribution in [0.5, 0.6) is 0 Å². The lowest BCUT2D eigenvalue weighted by molar-refractivity contribution is -0.143. The topological polar surface area (TPSA) is 87.9 Å². The molecule has 7 heteroatoms. The second kappa shape index (κ2) is 6.25. The molecule has 1 aromatic carbocycles. The van der Waals surface area contributed by atoms with Gasteiger partial charge in [0.2, 0.25) is 11.8 Å². The number of carbonyl (C=O) groups is 4. The third-order valence-electron chi connectivity index (χ3n) is 4.53. The van der Waals surface area contributed by atoms with E-state index in [0.29, 0.717) is 11.3 Å². The van der Waals surface area contributed by atoms with Gasteiger partial charge in [-0.15, -0.1) is 0 Å². The van der Waals surface area contributed by atoms with Crippen molar-refractivity contribution in [2.45, 2.75) is 19.8 Å². The second-order valence-corrected chi connectivity index (χ2v) is 6.21. The number of nitrogens with zero attached hydrogens (tertiary/aromatic N) is 2. The molecule has 134 valence electrons. The molecule has 0 saturated carbocycles. The largest absolute Gasteiger partial charge is 0.460 e. The Morgan fingerprint density at radius 1 is 1.00 bits per heavy atom. The average molecular weight is 354 g/mol. The quantitative estimate of drug-likeness (QED) is 0.624. The highest BCUT2D eigenvalue weighted by atomic mass is 16.3. The molecular weight excluding hydrogens is 336 g/mol. The Bertz CT molecular complexity index is 905. The smallest absolute Gasteiger partial charge is 0.332 e. The molecule has 0 aliphatic carbocycles. The Kier molecular flexibility index (Phi) is 4.23. The Morgan fingerprint density at radius 2 is 1.54 bits per heavy atom. The highest BCUT2D eigenvalue weighted by Gasteiger charge is 2.47. The first-order chi connectivity index (χ1) is 12.3. The van der Waals surface area contributed by atoms with Crippen LogP contribution < -0.4 is 0 Å². The Labute approximate surface area is 150 Å². The van der Waals surface area contributed by atoms with Gasteiger partial charge in [0.25, 0.3) is 0 Å². The van der Waals surface area contributed by atoms with E-state index in [1.54, 1.807) is 31.2 Å². The van der Waals surface area contributed by atoms with Gasteiger partial charge in [0.1, 0.15) is 17.4 Å². The molecule has 0 unspecified atom stereocenters. The fourth-order valence-corrected chi connectivity index (χ4v) is 3.23. The molecule has 0 spiro atoms. The van der Waals surface area contributed by atoms with Crippen LogP contribution in [0.2, 0.25) is 0 Å². The zero-order valence-corrected chi connectivity index (χ0v) is 14.9. The van der Waals surface area contributed by atoms with E-state index in [0.717, 1.165) is 9.80 Å². The normalized spacial score (nSPS) is 15.8. The lowest BCUT2D eigenvalue weighted by Crippen LogP contribution is -2.55. The van der Waals surface area contributed by atoms with E-state index in [1.807, 2.05) is 6.07 Å². The minimum absolute atomic E-state index is 0.201. The number of urea groups is 1. The summed E-state index contributed by atoms with van der Waals surface area (Å²) >= 11 is 0. The Morgan fingerprint density at radius 3 is 2.04 bits per heavy atom. The lowest BCUT2D eigenvalue weighted by atomic mass is 9.87. The number of ketones is 1. The van der Waals surface area contributed by atoms with Crippen LogP contribution in [0.1, 0.15) is 34.5 Å². The van der Waals surface area contributed by atoms with Crippen LogP contribution in [0.4, 0.5) is 4.79 Å². The number of hydrogen-bond acceptors (Lipinski definition) is 5. The van der Waals surface area contributed by atoms with Crippen molar-refractivity contribution in [3.8, 4) is 11.3 Å². The maximum Gasteiger partial charge on any atom is 0.332 e. The first-order valence-corrected chi connectivity index (χ1v) is 8.04. The van der Waals surface area contributed by atoms with Crippen molar-refractivity contribution in [1.82, 2.24) is 9.80 Å². The van der Waals surface area contributed by atoms with E-state index < -0.39 is 23.8 Å². The maximum absolute atomic E-state index is 12.8. The predicted octanol–water partition coefficient (Wildman–Crippen LogP) is 2.59. The SMILES string of the molecule is CC(=O)c1c(C)oc(-c2ccccc2)c1C1C(=O)N(C)C(=O)N(C)C1=O. The van der Waals surface area contributed by atoms with E-state index in [4.69, 9.17) is 4.42 Å². The van der Waals surface area contributed by atoms with Crippen LogP contribution in [0.15, 0.2) is 34.7 Å². The first kappa shape index (κ1) is 17.6. The van der Waals surface area contributed by atoms with E-state index >= 15 is 0 Å². The number of hydrogen-bond donors (Lipinski definition) is 0. The standard InChI is InChI=1S/C19H18N2O5/c1-10(22)13-11(2)26-16(12-8-6-5-7-9-12)14(13)15-17(23)20(3)19(25)21(4)18(15)24/h5-9,15H,1-4H3. The molecule has 2 heterocycles. The zero-order chi connectivity index (χ0) is 19.2. The highest BCUT2D eigenvalue weighted by molar-refractivity contribution is 6.20. The van der Waals surface area contributed by atoms with Crippen LogP contribution in [0, 0.1) is 6.92 Å². The van der Waals surface area contributed by atoms with Crippen LogP contribution in [0.25, 0.3) is 11.3 Å². The van der Waals surface area contributed by atoms with Crippen LogP contribution >= 0.6 is 0 Å². The number of barbiturate groups is 1. The molecule has 26 heavy (non-hydrogen) atoms. The van der Waals surface area contributed by atoms with Crippen LogP contribution in [0.3, 0.4) is 0 Å². The van der Waals surface area contributed by atoms with Crippen molar-refractivity contribution in [1.29, 1.82) is 0 Å². The number of carbonyl (C=O) groups excluding carboxylic acids is 4. The lowest BCUT2D eigenvalue weighted by Gasteiger charge is -2.33. The summed E-state index contributed by atoms with van der Waals surface area (Å²) in [6.45, 7) is 2.97. The number of benzene rings is 1. The highest BCUT2D eigenvalue weighted by Crippen LogP contribution is 2.39. The molecule has 1 aromatic heterocycles. The molecule has 0 bridgehead atoms. The molecule has 1 aliphatic rings. The fourth-order valence-electron chi connectivity index (χ4n) is 3.23. The maximum atomic E-state index is 12.8. The van der Waals surface area contributed by atoms with Crippen molar-refractivity contribution >= 4 is 23.6 Å². The van der Waals surface area contributed by atoms with Gasteiger partial charge >= 0.3 is 6.03 Å². The van der Waals surface area contributed by atoms with Crippen molar-refractivity contribution in [3.05, 3.63) is 47.2 Å². The van der Waals surface area contributed by atoms with Gasteiger partial charge in [0.15, 0.2) is 5.78 Å². The third kappa shape index (κ3) is 2.52. The number of likely N-dealkylation sites (N-methyl/N-ethyl adjacent to an activating group) is 2. The number of rotatable bonds is 3. The minimum atomic E-state index is -1.31. The van der Waals surface area contributed by atoms with Gasteiger partial charge in [0, 0.05) is 25.2 Å². The molecule has 1 fully saturated rings. The monoisotopic (exact) mass is 354 g/mol. The minimum Gasteiger partial charge on any atom is -0.460 e. The summed E-state index contributed by atoms with van der Waals surface area (Å²) < 4.78 is 5.79. The van der Waals surface area contributed by atoms with Crippen molar-refractivity contribution in [2.75, 3.05) is 14.1 Å². The molecule has 4 amide bonds. The Hall–Kier alpha value is -3.22. The number of furan rings is 1. The average Bonchev–Trinajstić information content (AvgIpc) is 2.96. The molecule has 2 aromatic rings. The summed E-state index contributed by atoms with van der Waals surface area (Å²) in [6, 6.07) is 8.22. The summed E-state index contributed by atoms with van der Waals surface area (Å²) in [6.07, 6.45) is 0. The molecule has 1 saturated heterocycles. The zero-order valence-electron chi connectivity index (χ0n) is 14.9. The Balaban J connectivity index is 2.29. The first-order valence-electron chi connectivity index (χ1n) is 8.04. The number of amides is 4. The van der Waals surface area contributed by atoms with E-state index in [1.165, 1.54) is 21.0 Å². The van der Waals surface area contributed by atoms with Gasteiger partial charge in [-0.25, -0.2) is 4.79 Å². The molecule has 0 atom stereocenters. The fraction of sp³-hybridized carbons (Fsp3) is 0.263. The number of aryl methyl sites for hydroxylation is 1. The summed E-state index contributed by atoms with van der Waals surface area (Å²) in [4.78, 5) is 51.6. The van der Waals surface area contributed by atoms with Gasteiger partial charge < -0.3 is 4.42 Å². The summed E-state index contributed by atoms with van der Waals surface area (Å²) in [7, 11) is 2.62. The van der Waals surface area contributed by atoms with Gasteiger partial charge in [0.05, 0.1) is 5.56 Å². The number of imide groups is 2. The predicted molar refractivity (Wildman–Crippen MR) is 92.6 cm³/mol. The second-order valence-electron chi connectivity index (χ2n) is 6.21. The van der Waals surface area contributed by atoms with Gasteiger partial charge in [-0.1, -0.05) is 30.3 Å². The summed E-state index contributed by atoms with van der Waals surface area (Å²) in [5, 5.41) is 0. The van der Waals surface area contributed by atoms with Gasteiger partial charge in [-0.2, -0.15) is 0 Å². The van der Waals surface area contributed by atoms with Crippen molar-refractivity contribution in [2.24, 2.45) is 0 Å². The molecule has 7 nitrogen and oxygen atoms in total. The van der Waals surface area contributed by atoms with Gasteiger partial charge in [-0.05, 0) is 13.8 Å². The van der Waals surface area contributed by atoms with E-state index in [-0.39, 0.29) is 22.7 Å². The molecule has 1 aliphatic heterocycles. The molecular formula is C19H18N2O5. The molecule has 3 rings (SSSR count). The third-order valence-corrected chi connectivity index (χ3v) is 4.53. The van der Waals surface area contributed by atoms with Crippen LogP contribution in [-0.4, -0.2) is 47.5 Å². The summed E-state index contributed by atoms with van der Waals surface area (Å²) in [5.74, 6) is -2.37. The van der Waals surface area contributed by atoms with E-state index in [9.17, 15) is 19.2 Å². The van der Waals surface area contributed by atoms with Gasteiger partial charge in [-0.3, -0.25) is 24.2 Å². The molecule has 0 radical (unpaired) electrons. The van der Waals surface area contributed by atoms with Crippen molar-refractivity contribution < 1.29 is 23.6 Å². The molecule has 0 N–H and O–H groups in total. The van der Waals surface area contributed by atoms with E-state index in [2.05, 4.69) is 0 Å². The summed E-state index contributed by atoms with van der Waals surface area (Å²) in [5.41, 5.74) is 1.05.